The summed E-state index contributed by atoms with van der Waals surface area (Å²) in [6.07, 6.45) is 0. The van der Waals surface area contributed by atoms with Gasteiger partial charge in [0.1, 0.15) is 0 Å². The smallest absolute Gasteiger partial charge is 0.267 e. The molecule has 3 aromatic carbocycles. The van der Waals surface area contributed by atoms with E-state index in [0.29, 0.717) is 32.5 Å². The van der Waals surface area contributed by atoms with Gasteiger partial charge in [0.25, 0.3) is 5.56 Å². The first-order valence-corrected chi connectivity index (χ1v) is 11.9. The second-order valence-electron chi connectivity index (χ2n) is 7.88. The van der Waals surface area contributed by atoms with Crippen molar-refractivity contribution in [3.63, 3.8) is 0 Å². The van der Waals surface area contributed by atoms with E-state index in [2.05, 4.69) is 15.5 Å². The first kappa shape index (κ1) is 22.2. The van der Waals surface area contributed by atoms with E-state index in [4.69, 9.17) is 11.6 Å². The molecule has 7 nitrogen and oxygen atoms in total. The van der Waals surface area contributed by atoms with Gasteiger partial charge in [-0.2, -0.15) is 0 Å². The zero-order valence-corrected chi connectivity index (χ0v) is 20.0. The number of amides is 1. The molecule has 0 atom stereocenters. The van der Waals surface area contributed by atoms with Crippen LogP contribution < -0.4 is 10.9 Å². The number of benzene rings is 3. The summed E-state index contributed by atoms with van der Waals surface area (Å²) in [5, 5.41) is 13.0. The van der Waals surface area contributed by atoms with Crippen LogP contribution in [0, 0.1) is 13.8 Å². The second kappa shape index (κ2) is 8.96. The fraction of sp³-hybridized carbons (Fsp3) is 0.120. The summed E-state index contributed by atoms with van der Waals surface area (Å²) in [5.74, 6) is 0.273. The van der Waals surface area contributed by atoms with Gasteiger partial charge in [-0.25, -0.2) is 4.57 Å². The molecule has 5 rings (SSSR count). The van der Waals surface area contributed by atoms with Gasteiger partial charge >= 0.3 is 0 Å². The van der Waals surface area contributed by atoms with Gasteiger partial charge in [-0.05, 0) is 55.3 Å². The Hall–Kier alpha value is -3.62. The molecule has 2 aromatic heterocycles. The number of nitrogens with zero attached hydrogens (tertiary/aromatic N) is 4. The number of rotatable bonds is 5. The van der Waals surface area contributed by atoms with Crippen LogP contribution in [0.15, 0.2) is 76.7 Å². The Balaban J connectivity index is 1.55. The maximum absolute atomic E-state index is 13.4. The zero-order valence-electron chi connectivity index (χ0n) is 18.4. The minimum Gasteiger partial charge on any atom is -0.324 e. The number of hydrogen-bond acceptors (Lipinski definition) is 5. The minimum absolute atomic E-state index is 0.100. The normalized spacial score (nSPS) is 11.3. The van der Waals surface area contributed by atoms with Gasteiger partial charge in [0.05, 0.1) is 33.1 Å². The maximum atomic E-state index is 13.4. The van der Waals surface area contributed by atoms with E-state index in [1.54, 1.807) is 22.8 Å². The van der Waals surface area contributed by atoms with Crippen molar-refractivity contribution in [2.75, 3.05) is 11.1 Å². The third-order valence-corrected chi connectivity index (χ3v) is 6.72. The van der Waals surface area contributed by atoms with Gasteiger partial charge in [0.15, 0.2) is 5.16 Å². The van der Waals surface area contributed by atoms with E-state index in [1.165, 1.54) is 11.8 Å². The topological polar surface area (TPSA) is 81.3 Å². The summed E-state index contributed by atoms with van der Waals surface area (Å²) >= 11 is 7.48. The number of para-hydroxylation sites is 2. The summed E-state index contributed by atoms with van der Waals surface area (Å²) < 4.78 is 3.39. The zero-order chi connectivity index (χ0) is 23.8. The predicted molar refractivity (Wildman–Crippen MR) is 136 cm³/mol. The summed E-state index contributed by atoms with van der Waals surface area (Å²) in [5.41, 5.74) is 3.75. The standard InChI is InChI=1S/C25H20ClN5O2S/c1-15-11-12-19(18(26)13-15)27-22(32)14-34-25-29-28-24-30(20-9-5-3-7-16(20)2)23(33)17-8-4-6-10-21(17)31(24)25/h3-13H,14H2,1-2H3,(H,27,32). The molecule has 0 aliphatic carbocycles. The molecule has 0 unspecified atom stereocenters. The van der Waals surface area contributed by atoms with E-state index in [0.717, 1.165) is 16.8 Å². The SMILES string of the molecule is Cc1ccc(NC(=O)CSc2nnc3n(-c4ccccc4C)c(=O)c4ccccc4n23)c(Cl)c1. The van der Waals surface area contributed by atoms with E-state index in [-0.39, 0.29) is 17.2 Å². The Morgan fingerprint density at radius 1 is 1.03 bits per heavy atom. The van der Waals surface area contributed by atoms with Gasteiger partial charge < -0.3 is 5.32 Å². The van der Waals surface area contributed by atoms with Gasteiger partial charge in [0.2, 0.25) is 11.7 Å². The molecule has 0 aliphatic heterocycles. The van der Waals surface area contributed by atoms with Crippen LogP contribution in [0.1, 0.15) is 11.1 Å². The van der Waals surface area contributed by atoms with Gasteiger partial charge in [-0.3, -0.25) is 14.0 Å². The van der Waals surface area contributed by atoms with Crippen molar-refractivity contribution in [3.8, 4) is 5.69 Å². The van der Waals surface area contributed by atoms with Crippen LogP contribution in [-0.4, -0.2) is 30.8 Å². The van der Waals surface area contributed by atoms with Crippen molar-refractivity contribution >= 4 is 51.6 Å². The lowest BCUT2D eigenvalue weighted by molar-refractivity contribution is -0.113. The molecule has 0 spiro atoms. The first-order chi connectivity index (χ1) is 16.4. The Morgan fingerprint density at radius 3 is 2.59 bits per heavy atom. The highest BCUT2D eigenvalue weighted by Gasteiger charge is 2.19. The Morgan fingerprint density at radius 2 is 1.79 bits per heavy atom. The summed E-state index contributed by atoms with van der Waals surface area (Å²) in [6.45, 7) is 3.88. The van der Waals surface area contributed by atoms with Crippen molar-refractivity contribution in [3.05, 3.63) is 93.2 Å². The first-order valence-electron chi connectivity index (χ1n) is 10.6. The maximum Gasteiger partial charge on any atom is 0.267 e. The lowest BCUT2D eigenvalue weighted by Crippen LogP contribution is -2.22. The molecule has 9 heteroatoms. The molecule has 170 valence electrons. The van der Waals surface area contributed by atoms with Crippen LogP contribution in [0.25, 0.3) is 22.4 Å². The van der Waals surface area contributed by atoms with E-state index in [9.17, 15) is 9.59 Å². The number of carbonyl (C=O) groups is 1. The molecule has 2 heterocycles. The molecule has 1 N–H and O–H groups in total. The van der Waals surface area contributed by atoms with Crippen LogP contribution in [0.2, 0.25) is 5.02 Å². The van der Waals surface area contributed by atoms with Crippen molar-refractivity contribution in [2.24, 2.45) is 0 Å². The Labute approximate surface area is 204 Å². The van der Waals surface area contributed by atoms with E-state index in [1.807, 2.05) is 66.8 Å². The molecule has 5 aromatic rings. The average molecular weight is 490 g/mol. The molecule has 1 amide bonds. The number of thioether (sulfide) groups is 1. The average Bonchev–Trinajstić information content (AvgIpc) is 3.25. The van der Waals surface area contributed by atoms with E-state index >= 15 is 0 Å². The van der Waals surface area contributed by atoms with E-state index < -0.39 is 0 Å². The molecule has 0 aliphatic rings. The number of fused-ring (bicyclic) bond motifs is 3. The van der Waals surface area contributed by atoms with Gasteiger partial charge in [0, 0.05) is 0 Å². The molecular formula is C25H20ClN5O2S. The number of aryl methyl sites for hydroxylation is 2. The predicted octanol–water partition coefficient (Wildman–Crippen LogP) is 5.03. The summed E-state index contributed by atoms with van der Waals surface area (Å²) in [7, 11) is 0. The minimum atomic E-state index is -0.218. The fourth-order valence-electron chi connectivity index (χ4n) is 3.84. The van der Waals surface area contributed by atoms with Crippen molar-refractivity contribution in [2.45, 2.75) is 19.0 Å². The number of hydrogen-bond donors (Lipinski definition) is 1. The molecule has 0 saturated heterocycles. The van der Waals surface area contributed by atoms with Crippen molar-refractivity contribution < 1.29 is 4.79 Å². The Kier molecular flexibility index (Phi) is 5.85. The number of halogens is 1. The Bertz CT molecular complexity index is 1630. The third kappa shape index (κ3) is 3.95. The van der Waals surface area contributed by atoms with Gasteiger partial charge in [-0.1, -0.05) is 59.8 Å². The number of aromatic nitrogens is 4. The highest BCUT2D eigenvalue weighted by atomic mass is 35.5. The highest BCUT2D eigenvalue weighted by molar-refractivity contribution is 7.99. The van der Waals surface area contributed by atoms with Crippen molar-refractivity contribution in [1.29, 1.82) is 0 Å². The highest BCUT2D eigenvalue weighted by Crippen LogP contribution is 2.26. The summed E-state index contributed by atoms with van der Waals surface area (Å²) in [6, 6.07) is 20.4. The molecular weight excluding hydrogens is 470 g/mol. The van der Waals surface area contributed by atoms with Crippen LogP contribution in [0.4, 0.5) is 5.69 Å². The lowest BCUT2D eigenvalue weighted by Gasteiger charge is -2.13. The molecule has 0 radical (unpaired) electrons. The quantitative estimate of drug-likeness (QED) is 0.350. The van der Waals surface area contributed by atoms with Crippen LogP contribution in [-0.2, 0) is 4.79 Å². The molecule has 0 fully saturated rings. The fourth-order valence-corrected chi connectivity index (χ4v) is 4.86. The largest absolute Gasteiger partial charge is 0.324 e. The number of anilines is 1. The van der Waals surface area contributed by atoms with Crippen molar-refractivity contribution in [1.82, 2.24) is 19.2 Å². The third-order valence-electron chi connectivity index (χ3n) is 5.48. The number of carbonyl (C=O) groups excluding carboxylic acids is 1. The van der Waals surface area contributed by atoms with Crippen LogP contribution in [0.5, 0.6) is 0 Å². The molecule has 0 saturated carbocycles. The number of nitrogens with one attached hydrogen (secondary N) is 1. The van der Waals surface area contributed by atoms with Crippen LogP contribution >= 0.6 is 23.4 Å². The second-order valence-corrected chi connectivity index (χ2v) is 9.23. The lowest BCUT2D eigenvalue weighted by atomic mass is 10.2. The summed E-state index contributed by atoms with van der Waals surface area (Å²) in [4.78, 5) is 26.1. The monoisotopic (exact) mass is 489 g/mol. The molecule has 0 bridgehead atoms. The molecule has 34 heavy (non-hydrogen) atoms. The van der Waals surface area contributed by atoms with Crippen LogP contribution in [0.3, 0.4) is 0 Å². The van der Waals surface area contributed by atoms with Gasteiger partial charge in [-0.15, -0.1) is 10.2 Å².